The largest absolute Gasteiger partial charge is 0.383 e. The Bertz CT molecular complexity index is 1340. The maximum absolute atomic E-state index is 12.8. The van der Waals surface area contributed by atoms with Crippen LogP contribution in [0.1, 0.15) is 27.7 Å². The van der Waals surface area contributed by atoms with Crippen molar-refractivity contribution in [3.8, 4) is 22.5 Å². The molecule has 9 nitrogen and oxygen atoms in total. The first-order valence-corrected chi connectivity index (χ1v) is 13.1. The number of aromatic nitrogens is 2. The molecule has 3 rings (SSSR count). The Morgan fingerprint density at radius 2 is 1.15 bits per heavy atom. The van der Waals surface area contributed by atoms with Gasteiger partial charge in [0.2, 0.25) is 0 Å². The van der Waals surface area contributed by atoms with Gasteiger partial charge in [0.25, 0.3) is 0 Å². The van der Waals surface area contributed by atoms with Crippen LogP contribution in [-0.2, 0) is 19.7 Å². The summed E-state index contributed by atoms with van der Waals surface area (Å²) < 4.78 is 51.1. The summed E-state index contributed by atoms with van der Waals surface area (Å²) in [6.45, 7) is 6.44. The Morgan fingerprint density at radius 3 is 1.61 bits per heavy atom. The molecule has 0 fully saturated rings. The van der Waals surface area contributed by atoms with Crippen molar-refractivity contribution in [2.75, 3.05) is 5.73 Å². The summed E-state index contributed by atoms with van der Waals surface area (Å²) in [5.41, 5.74) is 7.32. The minimum Gasteiger partial charge on any atom is -0.383 e. The fourth-order valence-electron chi connectivity index (χ4n) is 3.08. The Labute approximate surface area is 193 Å². The van der Waals surface area contributed by atoms with E-state index < -0.39 is 30.2 Å². The van der Waals surface area contributed by atoms with Crippen molar-refractivity contribution in [1.29, 1.82) is 0 Å². The highest BCUT2D eigenvalue weighted by Crippen LogP contribution is 2.34. The third-order valence-electron chi connectivity index (χ3n) is 4.98. The number of sulfone groups is 2. The van der Waals surface area contributed by atoms with Crippen LogP contribution in [-0.4, -0.2) is 47.8 Å². The first kappa shape index (κ1) is 26.4. The van der Waals surface area contributed by atoms with Crippen LogP contribution < -0.4 is 5.73 Å². The second kappa shape index (κ2) is 10.4. The molecule has 0 aliphatic rings. The summed E-state index contributed by atoms with van der Waals surface area (Å²) in [4.78, 5) is 8.94. The molecule has 178 valence electrons. The fraction of sp³-hybridized carbons (Fsp3) is 0.273. The molecule has 0 amide bonds. The van der Waals surface area contributed by atoms with Crippen LogP contribution in [0.4, 0.5) is 5.82 Å². The molecule has 11 heteroatoms. The predicted octanol–water partition coefficient (Wildman–Crippen LogP) is 3.77. The Kier molecular flexibility index (Phi) is 8.30. The minimum atomic E-state index is -3.57. The number of rotatable bonds is 6. The molecule has 1 heterocycles. The Balaban J connectivity index is 0.00000187. The minimum absolute atomic E-state index is 0.0631. The molecule has 1 aromatic heterocycles. The van der Waals surface area contributed by atoms with Crippen molar-refractivity contribution in [3.63, 3.8) is 0 Å². The maximum Gasteiger partial charge on any atom is 0.181 e. The van der Waals surface area contributed by atoms with Gasteiger partial charge in [0.05, 0.1) is 20.3 Å². The highest BCUT2D eigenvalue weighted by Gasteiger charge is 2.26. The van der Waals surface area contributed by atoms with Crippen molar-refractivity contribution in [2.24, 2.45) is 0 Å². The van der Waals surface area contributed by atoms with E-state index in [4.69, 9.17) is 16.2 Å². The van der Waals surface area contributed by atoms with E-state index in [-0.39, 0.29) is 21.4 Å². The van der Waals surface area contributed by atoms with Gasteiger partial charge in [0.1, 0.15) is 5.82 Å². The lowest BCUT2D eigenvalue weighted by atomic mass is 10.1. The smallest absolute Gasteiger partial charge is 0.181 e. The van der Waals surface area contributed by atoms with E-state index in [1.807, 2.05) is 0 Å². The summed E-state index contributed by atoms with van der Waals surface area (Å²) in [5.74, 6) is 0.221. The normalized spacial score (nSPS) is 11.9. The van der Waals surface area contributed by atoms with Crippen molar-refractivity contribution in [1.82, 2.24) is 9.97 Å². The summed E-state index contributed by atoms with van der Waals surface area (Å²) in [5, 5.41) is 10.8. The number of hydrogen-bond donors (Lipinski definition) is 3. The van der Waals surface area contributed by atoms with Gasteiger partial charge < -0.3 is 5.73 Å². The molecule has 4 N–H and O–H groups in total. The lowest BCUT2D eigenvalue weighted by Crippen LogP contribution is -2.16. The maximum atomic E-state index is 12.8. The van der Waals surface area contributed by atoms with Crippen molar-refractivity contribution >= 4 is 25.5 Å². The van der Waals surface area contributed by atoms with E-state index in [1.165, 1.54) is 18.3 Å². The molecule has 0 saturated carbocycles. The second-order valence-electron chi connectivity index (χ2n) is 7.67. The third-order valence-corrected chi connectivity index (χ3v) is 9.40. The van der Waals surface area contributed by atoms with Crippen LogP contribution in [0.3, 0.4) is 0 Å². The van der Waals surface area contributed by atoms with Gasteiger partial charge >= 0.3 is 0 Å². The van der Waals surface area contributed by atoms with E-state index >= 15 is 0 Å². The Hall–Kier alpha value is -2.86. The van der Waals surface area contributed by atoms with Gasteiger partial charge in [0, 0.05) is 22.9 Å². The quantitative estimate of drug-likeness (QED) is 0.343. The van der Waals surface area contributed by atoms with E-state index in [0.717, 1.165) is 0 Å². The van der Waals surface area contributed by atoms with Crippen LogP contribution in [0.2, 0.25) is 0 Å². The van der Waals surface area contributed by atoms with E-state index in [9.17, 15) is 16.8 Å². The molecule has 0 aliphatic heterocycles. The van der Waals surface area contributed by atoms with Gasteiger partial charge in [0.15, 0.2) is 25.5 Å². The summed E-state index contributed by atoms with van der Waals surface area (Å²) in [6.07, 6.45) is 1.44. The average molecular weight is 494 g/mol. The van der Waals surface area contributed by atoms with Gasteiger partial charge in [-0.15, -0.1) is 0 Å². The molecule has 0 saturated heterocycles. The van der Waals surface area contributed by atoms with Crippen molar-refractivity contribution in [3.05, 3.63) is 54.7 Å². The highest BCUT2D eigenvalue weighted by molar-refractivity contribution is 7.92. The number of nitrogen functional groups attached to an aromatic ring is 1. The van der Waals surface area contributed by atoms with Gasteiger partial charge in [-0.3, -0.25) is 10.5 Å². The molecule has 0 aliphatic carbocycles. The van der Waals surface area contributed by atoms with Crippen LogP contribution in [0, 0.1) is 0 Å². The van der Waals surface area contributed by atoms with Crippen LogP contribution in [0.5, 0.6) is 0 Å². The van der Waals surface area contributed by atoms with Crippen molar-refractivity contribution < 1.29 is 27.4 Å². The predicted molar refractivity (Wildman–Crippen MR) is 127 cm³/mol. The van der Waals surface area contributed by atoms with E-state index in [0.29, 0.717) is 16.7 Å². The van der Waals surface area contributed by atoms with Gasteiger partial charge in [-0.05, 0) is 45.9 Å². The van der Waals surface area contributed by atoms with Crippen molar-refractivity contribution in [2.45, 2.75) is 48.0 Å². The number of hydrogen-bond acceptors (Lipinski definition) is 9. The summed E-state index contributed by atoms with van der Waals surface area (Å²) in [6, 6.07) is 13.0. The fourth-order valence-corrected chi connectivity index (χ4v) is 5.58. The van der Waals surface area contributed by atoms with Gasteiger partial charge in [-0.2, -0.15) is 0 Å². The third kappa shape index (κ3) is 5.22. The standard InChI is InChI=1S/C22H25N3O4S2.H2O2/c1-14(2)30(26,27)19-11-7-5-9-16(19)18-13-24-22(25-21(18)23)17-10-6-8-12-20(17)31(28,29)15(3)4;1-2/h5-15H,1-4H3,(H2,23,24,25);1-2H. The second-order valence-corrected chi connectivity index (χ2v) is 12.6. The zero-order valence-electron chi connectivity index (χ0n) is 18.7. The molecular weight excluding hydrogens is 466 g/mol. The van der Waals surface area contributed by atoms with Gasteiger partial charge in [-0.1, -0.05) is 30.3 Å². The number of nitrogens with two attached hydrogens (primary N) is 1. The molecule has 33 heavy (non-hydrogen) atoms. The van der Waals surface area contributed by atoms with Crippen LogP contribution in [0.25, 0.3) is 22.5 Å². The molecule has 0 radical (unpaired) electrons. The van der Waals surface area contributed by atoms with E-state index in [2.05, 4.69) is 9.97 Å². The monoisotopic (exact) mass is 493 g/mol. The SMILES string of the molecule is CC(C)S(=O)(=O)c1ccccc1-c1ncc(-c2ccccc2S(=O)(=O)C(C)C)c(N)n1.OO. The lowest BCUT2D eigenvalue weighted by molar-refractivity contribution is -0.176. The van der Waals surface area contributed by atoms with E-state index in [1.54, 1.807) is 64.1 Å². The summed E-state index contributed by atoms with van der Waals surface area (Å²) >= 11 is 0. The lowest BCUT2D eigenvalue weighted by Gasteiger charge is -2.15. The molecule has 3 aromatic rings. The molecule has 2 aromatic carbocycles. The van der Waals surface area contributed by atoms with Crippen LogP contribution in [0.15, 0.2) is 64.5 Å². The number of anilines is 1. The average Bonchev–Trinajstić information content (AvgIpc) is 2.80. The molecule has 0 bridgehead atoms. The number of benzene rings is 2. The Morgan fingerprint density at radius 1 is 0.727 bits per heavy atom. The van der Waals surface area contributed by atoms with Gasteiger partial charge in [-0.25, -0.2) is 26.8 Å². The molecular formula is C22H27N3O6S2. The zero-order chi connectivity index (χ0) is 25.0. The molecule has 0 atom stereocenters. The zero-order valence-corrected chi connectivity index (χ0v) is 20.3. The molecule has 0 unspecified atom stereocenters. The first-order chi connectivity index (χ1) is 15.5. The topological polar surface area (TPSA) is 161 Å². The van der Waals surface area contributed by atoms with Crippen LogP contribution >= 0.6 is 0 Å². The summed E-state index contributed by atoms with van der Waals surface area (Å²) in [7, 11) is -7.13. The highest BCUT2D eigenvalue weighted by atomic mass is 32.2. The number of nitrogens with zero attached hydrogens (tertiary/aromatic N) is 2. The first-order valence-electron chi connectivity index (χ1n) is 9.97. The molecule has 0 spiro atoms.